The zero-order chi connectivity index (χ0) is 15.0. The fraction of sp³-hybridized carbons (Fsp3) is 0.333. The minimum Gasteiger partial charge on any atom is -0.462 e. The molecule has 0 heterocycles. The van der Waals surface area contributed by atoms with Crippen molar-refractivity contribution in [3.8, 4) is 5.75 Å². The van der Waals surface area contributed by atoms with Crippen molar-refractivity contribution in [1.82, 2.24) is 0 Å². The lowest BCUT2D eigenvalue weighted by molar-refractivity contribution is -0.139. The van der Waals surface area contributed by atoms with Crippen LogP contribution in [0.1, 0.15) is 26.2 Å². The molecule has 1 aromatic rings. The van der Waals surface area contributed by atoms with Crippen molar-refractivity contribution in [1.29, 1.82) is 0 Å². The van der Waals surface area contributed by atoms with E-state index in [2.05, 4.69) is 6.58 Å². The molecule has 0 unspecified atom stereocenters. The van der Waals surface area contributed by atoms with Crippen LogP contribution in [0.2, 0.25) is 0 Å². The van der Waals surface area contributed by atoms with Crippen LogP contribution in [-0.2, 0) is 14.3 Å². The highest BCUT2D eigenvalue weighted by Crippen LogP contribution is 2.14. The number of carbonyl (C=O) groups is 2. The van der Waals surface area contributed by atoms with Crippen molar-refractivity contribution >= 4 is 17.6 Å². The van der Waals surface area contributed by atoms with Crippen molar-refractivity contribution in [2.24, 2.45) is 0 Å². The molecule has 0 radical (unpaired) electrons. The van der Waals surface area contributed by atoms with Crippen molar-refractivity contribution in [2.45, 2.75) is 26.2 Å². The molecule has 0 bridgehead atoms. The maximum atomic E-state index is 11.5. The Hall–Kier alpha value is -2.30. The highest BCUT2D eigenvalue weighted by Gasteiger charge is 2.06. The van der Waals surface area contributed by atoms with Gasteiger partial charge in [-0.2, -0.15) is 0 Å². The lowest BCUT2D eigenvalue weighted by Gasteiger charge is -2.05. The Bertz CT molecular complexity index is 479. The summed E-state index contributed by atoms with van der Waals surface area (Å²) in [5, 5.41) is 0. The molecule has 0 aromatic heterocycles. The number of esters is 2. The zero-order valence-electron chi connectivity index (χ0n) is 11.6. The summed E-state index contributed by atoms with van der Waals surface area (Å²) in [7, 11) is 0. The molecular formula is C15H19NO4. The van der Waals surface area contributed by atoms with E-state index in [0.717, 1.165) is 0 Å². The van der Waals surface area contributed by atoms with Crippen molar-refractivity contribution in [3.05, 3.63) is 36.4 Å². The topological polar surface area (TPSA) is 78.6 Å². The quantitative estimate of drug-likeness (QED) is 0.272. The third-order valence-corrected chi connectivity index (χ3v) is 2.47. The summed E-state index contributed by atoms with van der Waals surface area (Å²) in [4.78, 5) is 22.6. The van der Waals surface area contributed by atoms with Crippen LogP contribution in [0.25, 0.3) is 0 Å². The standard InChI is InChI=1S/C15H19NO4/c1-11(2)15(18)19-10-4-3-5-14(17)20-13-8-6-12(16)7-9-13/h6-9H,1,3-5,10,16H2,2H3. The average Bonchev–Trinajstić information content (AvgIpc) is 2.40. The Labute approximate surface area is 118 Å². The SMILES string of the molecule is C=C(C)C(=O)OCCCCC(=O)Oc1ccc(N)cc1. The highest BCUT2D eigenvalue weighted by molar-refractivity contribution is 5.86. The molecule has 0 aliphatic carbocycles. The van der Waals surface area contributed by atoms with Gasteiger partial charge in [-0.3, -0.25) is 4.79 Å². The van der Waals surface area contributed by atoms with Crippen LogP contribution in [0.4, 0.5) is 5.69 Å². The Morgan fingerprint density at radius 1 is 1.20 bits per heavy atom. The molecule has 0 fully saturated rings. The van der Waals surface area contributed by atoms with Gasteiger partial charge in [-0.1, -0.05) is 6.58 Å². The summed E-state index contributed by atoms with van der Waals surface area (Å²) in [6.07, 6.45) is 1.47. The van der Waals surface area contributed by atoms with Gasteiger partial charge in [0.1, 0.15) is 5.75 Å². The number of hydrogen-bond donors (Lipinski definition) is 1. The Balaban J connectivity index is 2.16. The highest BCUT2D eigenvalue weighted by atomic mass is 16.5. The van der Waals surface area contributed by atoms with Gasteiger partial charge in [0.05, 0.1) is 6.61 Å². The molecule has 0 spiro atoms. The van der Waals surface area contributed by atoms with E-state index >= 15 is 0 Å². The molecule has 5 nitrogen and oxygen atoms in total. The summed E-state index contributed by atoms with van der Waals surface area (Å²) in [6, 6.07) is 6.61. The van der Waals surface area contributed by atoms with E-state index in [1.54, 1.807) is 31.2 Å². The normalized spacial score (nSPS) is 9.85. The lowest BCUT2D eigenvalue weighted by atomic mass is 10.2. The van der Waals surface area contributed by atoms with Crippen LogP contribution >= 0.6 is 0 Å². The van der Waals surface area contributed by atoms with Crippen LogP contribution in [0, 0.1) is 0 Å². The maximum Gasteiger partial charge on any atom is 0.333 e. The summed E-state index contributed by atoms with van der Waals surface area (Å²) in [5.41, 5.74) is 6.51. The average molecular weight is 277 g/mol. The molecule has 20 heavy (non-hydrogen) atoms. The van der Waals surface area contributed by atoms with Gasteiger partial charge in [-0.25, -0.2) is 4.79 Å². The van der Waals surface area contributed by atoms with Gasteiger partial charge in [0.2, 0.25) is 0 Å². The van der Waals surface area contributed by atoms with E-state index in [-0.39, 0.29) is 19.0 Å². The predicted octanol–water partition coefficient (Wildman–Crippen LogP) is 2.46. The van der Waals surface area contributed by atoms with E-state index in [1.807, 2.05) is 0 Å². The van der Waals surface area contributed by atoms with E-state index in [1.165, 1.54) is 0 Å². The first kappa shape index (κ1) is 15.8. The van der Waals surface area contributed by atoms with Crippen molar-refractivity contribution in [3.63, 3.8) is 0 Å². The van der Waals surface area contributed by atoms with E-state index in [9.17, 15) is 9.59 Å². The Morgan fingerprint density at radius 3 is 2.45 bits per heavy atom. The third kappa shape index (κ3) is 6.04. The van der Waals surface area contributed by atoms with Gasteiger partial charge < -0.3 is 15.2 Å². The van der Waals surface area contributed by atoms with Crippen LogP contribution in [0.15, 0.2) is 36.4 Å². The summed E-state index contributed by atoms with van der Waals surface area (Å²) in [6.45, 7) is 5.35. The summed E-state index contributed by atoms with van der Waals surface area (Å²) < 4.78 is 10.0. The third-order valence-electron chi connectivity index (χ3n) is 2.47. The van der Waals surface area contributed by atoms with Gasteiger partial charge in [0, 0.05) is 17.7 Å². The molecule has 1 rings (SSSR count). The molecule has 1 aromatic carbocycles. The number of carbonyl (C=O) groups excluding carboxylic acids is 2. The van der Waals surface area contributed by atoms with Crippen molar-refractivity contribution < 1.29 is 19.1 Å². The minimum atomic E-state index is -0.408. The summed E-state index contributed by atoms with van der Waals surface area (Å²) in [5.74, 6) is -0.256. The van der Waals surface area contributed by atoms with Crippen LogP contribution in [0.5, 0.6) is 5.75 Å². The maximum absolute atomic E-state index is 11.5. The fourth-order valence-corrected chi connectivity index (χ4v) is 1.38. The molecule has 2 N–H and O–H groups in total. The van der Waals surface area contributed by atoms with Gasteiger partial charge in [-0.05, 0) is 44.0 Å². The number of benzene rings is 1. The van der Waals surface area contributed by atoms with E-state index < -0.39 is 5.97 Å². The molecule has 108 valence electrons. The van der Waals surface area contributed by atoms with Gasteiger partial charge in [-0.15, -0.1) is 0 Å². The van der Waals surface area contributed by atoms with E-state index in [0.29, 0.717) is 29.9 Å². The number of nitrogen functional groups attached to an aromatic ring is 1. The van der Waals surface area contributed by atoms with Crippen LogP contribution in [0.3, 0.4) is 0 Å². The molecular weight excluding hydrogens is 258 g/mol. The van der Waals surface area contributed by atoms with Crippen molar-refractivity contribution in [2.75, 3.05) is 12.3 Å². The monoisotopic (exact) mass is 277 g/mol. The molecule has 0 aliphatic rings. The number of unbranched alkanes of at least 4 members (excludes halogenated alkanes) is 1. The minimum absolute atomic E-state index is 0.273. The first-order chi connectivity index (χ1) is 9.49. The first-order valence-corrected chi connectivity index (χ1v) is 6.38. The summed E-state index contributed by atoms with van der Waals surface area (Å²) >= 11 is 0. The number of rotatable bonds is 7. The van der Waals surface area contributed by atoms with Gasteiger partial charge >= 0.3 is 11.9 Å². The molecule has 5 heteroatoms. The molecule has 0 aliphatic heterocycles. The van der Waals surface area contributed by atoms with Gasteiger partial charge in [0.15, 0.2) is 0 Å². The van der Waals surface area contributed by atoms with Crippen LogP contribution < -0.4 is 10.5 Å². The number of anilines is 1. The molecule has 0 amide bonds. The second-order valence-electron chi connectivity index (χ2n) is 4.42. The molecule has 0 atom stereocenters. The van der Waals surface area contributed by atoms with Crippen LogP contribution in [-0.4, -0.2) is 18.5 Å². The Morgan fingerprint density at radius 2 is 1.85 bits per heavy atom. The second-order valence-corrected chi connectivity index (χ2v) is 4.42. The molecule has 0 saturated carbocycles. The fourth-order valence-electron chi connectivity index (χ4n) is 1.38. The molecule has 0 saturated heterocycles. The number of nitrogens with two attached hydrogens (primary N) is 1. The smallest absolute Gasteiger partial charge is 0.333 e. The number of hydrogen-bond acceptors (Lipinski definition) is 5. The van der Waals surface area contributed by atoms with Gasteiger partial charge in [0.25, 0.3) is 0 Å². The lowest BCUT2D eigenvalue weighted by Crippen LogP contribution is -2.09. The second kappa shape index (κ2) is 7.99. The largest absolute Gasteiger partial charge is 0.462 e. The zero-order valence-corrected chi connectivity index (χ0v) is 11.6. The number of ether oxygens (including phenoxy) is 2. The first-order valence-electron chi connectivity index (χ1n) is 6.38. The predicted molar refractivity (Wildman–Crippen MR) is 76.1 cm³/mol. The van der Waals surface area contributed by atoms with E-state index in [4.69, 9.17) is 15.2 Å². The Kier molecular flexibility index (Phi) is 6.29.